The maximum atomic E-state index is 12.6. The van der Waals surface area contributed by atoms with E-state index in [4.69, 9.17) is 4.42 Å². The van der Waals surface area contributed by atoms with Crippen molar-refractivity contribution in [3.8, 4) is 0 Å². The number of rotatable bonds is 9. The summed E-state index contributed by atoms with van der Waals surface area (Å²) < 4.78 is 42.8. The fourth-order valence-electron chi connectivity index (χ4n) is 2.34. The van der Waals surface area contributed by atoms with Crippen molar-refractivity contribution in [3.05, 3.63) is 39.7 Å². The topological polar surface area (TPSA) is 91.5 Å². The molecule has 0 aliphatic heterocycles. The number of aryl methyl sites for hydroxylation is 1. The predicted octanol–water partition coefficient (Wildman–Crippen LogP) is 3.60. The van der Waals surface area contributed by atoms with Crippen LogP contribution in [-0.4, -0.2) is 43.0 Å². The third-order valence-electron chi connectivity index (χ3n) is 3.78. The van der Waals surface area contributed by atoms with Crippen LogP contribution in [0.25, 0.3) is 0 Å². The minimum atomic E-state index is -4.41. The Morgan fingerprint density at radius 1 is 1.27 bits per heavy atom. The Morgan fingerprint density at radius 3 is 2.63 bits per heavy atom. The summed E-state index contributed by atoms with van der Waals surface area (Å²) in [5.74, 6) is 0.607. The van der Waals surface area contributed by atoms with Crippen molar-refractivity contribution < 1.29 is 22.4 Å². The average Bonchev–Trinajstić information content (AvgIpc) is 3.30. The van der Waals surface area contributed by atoms with Crippen molar-refractivity contribution in [2.75, 3.05) is 26.2 Å². The second kappa shape index (κ2) is 12.8. The number of carbonyl (C=O) groups excluding carboxylic acids is 1. The average molecular weight is 559 g/mol. The van der Waals surface area contributed by atoms with Crippen LogP contribution in [0.1, 0.15) is 40.2 Å². The quantitative estimate of drug-likeness (QED) is 0.189. The molecule has 0 bridgehead atoms. The fourth-order valence-corrected chi connectivity index (χ4v) is 3.15. The minimum absolute atomic E-state index is 0. The summed E-state index contributed by atoms with van der Waals surface area (Å²) >= 11 is 0.989. The number of amides is 1. The zero-order valence-corrected chi connectivity index (χ0v) is 19.8. The summed E-state index contributed by atoms with van der Waals surface area (Å²) in [4.78, 5) is 19.9. The molecule has 3 N–H and O–H groups in total. The van der Waals surface area contributed by atoms with Gasteiger partial charge in [0.1, 0.15) is 0 Å². The standard InChI is InChI=1S/C18H24F3N5O2S.HI/c1-3-22-17(25-9-5-14-26-13(11-29-14)18(19,20)21)24-8-4-7-23-16(27)15-12(2)6-10-28-15;/h6,10-11H,3-5,7-9H2,1-2H3,(H,23,27)(H2,22,24,25);1H. The molecular weight excluding hydrogens is 534 g/mol. The second-order valence-corrected chi connectivity index (χ2v) is 7.05. The zero-order valence-electron chi connectivity index (χ0n) is 16.6. The lowest BCUT2D eigenvalue weighted by Crippen LogP contribution is -2.38. The molecule has 0 radical (unpaired) electrons. The first-order chi connectivity index (χ1) is 13.8. The Balaban J connectivity index is 0.00000450. The van der Waals surface area contributed by atoms with Crippen LogP contribution < -0.4 is 16.0 Å². The van der Waals surface area contributed by atoms with Gasteiger partial charge in [-0.15, -0.1) is 35.3 Å². The number of aromatic nitrogens is 1. The van der Waals surface area contributed by atoms with Crippen LogP contribution in [0.3, 0.4) is 0 Å². The number of hydrogen-bond acceptors (Lipinski definition) is 5. The first kappa shape index (κ1) is 26.2. The van der Waals surface area contributed by atoms with Crippen LogP contribution in [0.5, 0.6) is 0 Å². The zero-order chi connectivity index (χ0) is 21.3. The van der Waals surface area contributed by atoms with E-state index >= 15 is 0 Å². The van der Waals surface area contributed by atoms with Crippen molar-refractivity contribution >= 4 is 47.2 Å². The molecule has 0 atom stereocenters. The van der Waals surface area contributed by atoms with E-state index in [0.717, 1.165) is 22.3 Å². The third-order valence-corrected chi connectivity index (χ3v) is 4.68. The highest BCUT2D eigenvalue weighted by Crippen LogP contribution is 2.29. The van der Waals surface area contributed by atoms with Gasteiger partial charge in [-0.2, -0.15) is 13.2 Å². The van der Waals surface area contributed by atoms with Gasteiger partial charge < -0.3 is 20.4 Å². The SMILES string of the molecule is CCNC(=NCCCNC(=O)c1occc1C)NCCc1nc(C(F)(F)F)cs1.I. The van der Waals surface area contributed by atoms with Crippen molar-refractivity contribution in [3.63, 3.8) is 0 Å². The number of furan rings is 1. The van der Waals surface area contributed by atoms with Gasteiger partial charge in [-0.05, 0) is 26.3 Å². The second-order valence-electron chi connectivity index (χ2n) is 6.10. The molecule has 0 fully saturated rings. The molecule has 1 amide bonds. The number of nitrogens with zero attached hydrogens (tertiary/aromatic N) is 2. The number of halogens is 4. The molecule has 168 valence electrons. The van der Waals surface area contributed by atoms with E-state index in [1.165, 1.54) is 6.26 Å². The van der Waals surface area contributed by atoms with Gasteiger partial charge in [0.25, 0.3) is 5.91 Å². The highest BCUT2D eigenvalue weighted by molar-refractivity contribution is 14.0. The highest BCUT2D eigenvalue weighted by Gasteiger charge is 2.33. The molecule has 2 heterocycles. The lowest BCUT2D eigenvalue weighted by Gasteiger charge is -2.10. The first-order valence-corrected chi connectivity index (χ1v) is 10.0. The molecular formula is C18H25F3IN5O2S. The summed E-state index contributed by atoms with van der Waals surface area (Å²) in [6.07, 6.45) is -1.95. The molecule has 0 spiro atoms. The van der Waals surface area contributed by atoms with Crippen molar-refractivity contribution in [1.82, 2.24) is 20.9 Å². The van der Waals surface area contributed by atoms with Crippen molar-refractivity contribution in [1.29, 1.82) is 0 Å². The van der Waals surface area contributed by atoms with E-state index < -0.39 is 11.9 Å². The Bertz CT molecular complexity index is 823. The molecule has 7 nitrogen and oxygen atoms in total. The van der Waals surface area contributed by atoms with E-state index in [-0.39, 0.29) is 29.9 Å². The number of carbonyl (C=O) groups is 1. The monoisotopic (exact) mass is 559 g/mol. The molecule has 0 aliphatic carbocycles. The van der Waals surface area contributed by atoms with Gasteiger partial charge in [-0.3, -0.25) is 9.79 Å². The van der Waals surface area contributed by atoms with Gasteiger partial charge in [0.2, 0.25) is 0 Å². The van der Waals surface area contributed by atoms with Crippen LogP contribution >= 0.6 is 35.3 Å². The smallest absolute Gasteiger partial charge is 0.434 e. The highest BCUT2D eigenvalue weighted by atomic mass is 127. The summed E-state index contributed by atoms with van der Waals surface area (Å²) in [5, 5.41) is 10.3. The molecule has 0 saturated carbocycles. The Morgan fingerprint density at radius 2 is 2.03 bits per heavy atom. The number of nitrogens with one attached hydrogen (secondary N) is 3. The van der Waals surface area contributed by atoms with Gasteiger partial charge in [-0.1, -0.05) is 0 Å². The first-order valence-electron chi connectivity index (χ1n) is 9.17. The van der Waals surface area contributed by atoms with E-state index in [0.29, 0.717) is 55.7 Å². The summed E-state index contributed by atoms with van der Waals surface area (Å²) in [7, 11) is 0. The van der Waals surface area contributed by atoms with Gasteiger partial charge in [-0.25, -0.2) is 4.98 Å². The molecule has 2 aromatic rings. The van der Waals surface area contributed by atoms with E-state index in [1.54, 1.807) is 13.0 Å². The lowest BCUT2D eigenvalue weighted by atomic mass is 10.2. The molecule has 0 saturated heterocycles. The largest absolute Gasteiger partial charge is 0.459 e. The Labute approximate surface area is 194 Å². The van der Waals surface area contributed by atoms with Crippen molar-refractivity contribution in [2.45, 2.75) is 32.9 Å². The number of alkyl halides is 3. The van der Waals surface area contributed by atoms with Gasteiger partial charge >= 0.3 is 6.18 Å². The predicted molar refractivity (Wildman–Crippen MR) is 121 cm³/mol. The van der Waals surface area contributed by atoms with E-state index in [9.17, 15) is 18.0 Å². The lowest BCUT2D eigenvalue weighted by molar-refractivity contribution is -0.140. The molecule has 2 rings (SSSR count). The van der Waals surface area contributed by atoms with Crippen LogP contribution in [0.15, 0.2) is 27.1 Å². The number of hydrogen-bond donors (Lipinski definition) is 3. The van der Waals surface area contributed by atoms with Gasteiger partial charge in [0.05, 0.1) is 11.3 Å². The molecule has 0 unspecified atom stereocenters. The van der Waals surface area contributed by atoms with Crippen LogP contribution in [0, 0.1) is 6.92 Å². The van der Waals surface area contributed by atoms with Gasteiger partial charge in [0.15, 0.2) is 17.4 Å². The van der Waals surface area contributed by atoms with Crippen LogP contribution in [0.4, 0.5) is 13.2 Å². The van der Waals surface area contributed by atoms with E-state index in [2.05, 4.69) is 25.9 Å². The normalized spacial score (nSPS) is 11.7. The van der Waals surface area contributed by atoms with E-state index in [1.807, 2.05) is 6.92 Å². The third kappa shape index (κ3) is 8.50. The maximum absolute atomic E-state index is 12.6. The van der Waals surface area contributed by atoms with Crippen molar-refractivity contribution in [2.24, 2.45) is 4.99 Å². The summed E-state index contributed by atoms with van der Waals surface area (Å²) in [6.45, 7) is 5.69. The molecule has 12 heteroatoms. The van der Waals surface area contributed by atoms with Gasteiger partial charge in [0, 0.05) is 43.5 Å². The minimum Gasteiger partial charge on any atom is -0.459 e. The number of aliphatic imine (C=N–C) groups is 1. The van der Waals surface area contributed by atoms with Crippen LogP contribution in [0.2, 0.25) is 0 Å². The Hall–Kier alpha value is -1.83. The molecule has 0 aromatic carbocycles. The number of guanidine groups is 1. The summed E-state index contributed by atoms with van der Waals surface area (Å²) in [6, 6.07) is 1.73. The van der Waals surface area contributed by atoms with Crippen LogP contribution in [-0.2, 0) is 12.6 Å². The maximum Gasteiger partial charge on any atom is 0.434 e. The number of thiazole rings is 1. The molecule has 2 aromatic heterocycles. The molecule has 30 heavy (non-hydrogen) atoms. The Kier molecular flexibility index (Phi) is 11.2. The summed E-state index contributed by atoms with van der Waals surface area (Å²) in [5.41, 5.74) is -0.0772. The molecule has 0 aliphatic rings. The fraction of sp³-hybridized carbons (Fsp3) is 0.500.